The highest BCUT2D eigenvalue weighted by Crippen LogP contribution is 2.34. The van der Waals surface area contributed by atoms with Crippen molar-refractivity contribution in [1.29, 1.82) is 0 Å². The highest BCUT2D eigenvalue weighted by Gasteiger charge is 2.20. The van der Waals surface area contributed by atoms with E-state index < -0.39 is 14.9 Å². The minimum atomic E-state index is -3.76. The zero-order valence-electron chi connectivity index (χ0n) is 15.9. The van der Waals surface area contributed by atoms with E-state index in [1.807, 2.05) is 24.3 Å². The van der Waals surface area contributed by atoms with Crippen LogP contribution in [0.5, 0.6) is 11.5 Å². The minimum Gasteiger partial charge on any atom is -0.493 e. The third-order valence-corrected chi connectivity index (χ3v) is 5.96. The van der Waals surface area contributed by atoms with Crippen LogP contribution in [0.1, 0.15) is 5.56 Å². The summed E-state index contributed by atoms with van der Waals surface area (Å²) in [7, 11) is -0.945. The lowest BCUT2D eigenvalue weighted by Gasteiger charge is -2.11. The molecule has 8 nitrogen and oxygen atoms in total. The standard InChI is InChI=1S/C20H20N2O6S/c1-27-19-12-16(18(22(23)24)13-20(19)28-2)9-10-21-29(25,26)17-8-7-14-5-3-4-6-15(14)11-17/h3-8,11-13,21H,9-10H2,1-2H3. The van der Waals surface area contributed by atoms with Crippen LogP contribution in [0.2, 0.25) is 0 Å². The zero-order valence-corrected chi connectivity index (χ0v) is 16.7. The Morgan fingerprint density at radius 3 is 2.28 bits per heavy atom. The lowest BCUT2D eigenvalue weighted by Crippen LogP contribution is -2.26. The number of nitro benzene ring substituents is 1. The molecule has 1 N–H and O–H groups in total. The average molecular weight is 416 g/mol. The lowest BCUT2D eigenvalue weighted by atomic mass is 10.1. The van der Waals surface area contributed by atoms with E-state index >= 15 is 0 Å². The van der Waals surface area contributed by atoms with Gasteiger partial charge in [-0.15, -0.1) is 0 Å². The highest BCUT2D eigenvalue weighted by atomic mass is 32.2. The van der Waals surface area contributed by atoms with Crippen molar-refractivity contribution in [2.24, 2.45) is 0 Å². The summed E-state index contributed by atoms with van der Waals surface area (Å²) >= 11 is 0. The number of methoxy groups -OCH3 is 2. The monoisotopic (exact) mass is 416 g/mol. The first-order valence-electron chi connectivity index (χ1n) is 8.73. The third kappa shape index (κ3) is 4.47. The van der Waals surface area contributed by atoms with E-state index in [9.17, 15) is 18.5 Å². The van der Waals surface area contributed by atoms with Gasteiger partial charge in [0.1, 0.15) is 0 Å². The zero-order chi connectivity index (χ0) is 21.0. The van der Waals surface area contributed by atoms with E-state index in [2.05, 4.69) is 4.72 Å². The van der Waals surface area contributed by atoms with Crippen LogP contribution in [0, 0.1) is 10.1 Å². The van der Waals surface area contributed by atoms with Crippen LogP contribution in [0.15, 0.2) is 59.5 Å². The first-order valence-corrected chi connectivity index (χ1v) is 10.2. The van der Waals surface area contributed by atoms with Gasteiger partial charge in [-0.25, -0.2) is 13.1 Å². The first kappa shape index (κ1) is 20.6. The quantitative estimate of drug-likeness (QED) is 0.446. The molecule has 29 heavy (non-hydrogen) atoms. The molecule has 0 bridgehead atoms. The van der Waals surface area contributed by atoms with Crippen molar-refractivity contribution in [3.8, 4) is 11.5 Å². The molecule has 3 aromatic carbocycles. The topological polar surface area (TPSA) is 108 Å². The predicted octanol–water partition coefficient (Wildman–Crippen LogP) is 3.29. The van der Waals surface area contributed by atoms with E-state index in [4.69, 9.17) is 9.47 Å². The second-order valence-electron chi connectivity index (χ2n) is 6.25. The summed E-state index contributed by atoms with van der Waals surface area (Å²) in [5.74, 6) is 0.574. The molecule has 0 aliphatic heterocycles. The lowest BCUT2D eigenvalue weighted by molar-refractivity contribution is -0.385. The number of hydrogen-bond acceptors (Lipinski definition) is 6. The molecule has 0 spiro atoms. The fraction of sp³-hybridized carbons (Fsp3) is 0.200. The molecule has 0 aliphatic carbocycles. The number of nitrogens with one attached hydrogen (secondary N) is 1. The number of nitro groups is 1. The Labute approximate surface area is 168 Å². The number of benzene rings is 3. The van der Waals surface area contributed by atoms with Crippen molar-refractivity contribution in [1.82, 2.24) is 4.72 Å². The van der Waals surface area contributed by atoms with Crippen LogP contribution in [-0.2, 0) is 16.4 Å². The SMILES string of the molecule is COc1cc(CCNS(=O)(=O)c2ccc3ccccc3c2)c([N+](=O)[O-])cc1OC. The maximum atomic E-state index is 12.6. The molecular weight excluding hydrogens is 396 g/mol. The highest BCUT2D eigenvalue weighted by molar-refractivity contribution is 7.89. The molecule has 0 aromatic heterocycles. The van der Waals surface area contributed by atoms with Crippen LogP contribution in [0.3, 0.4) is 0 Å². The molecule has 0 atom stereocenters. The average Bonchev–Trinajstić information content (AvgIpc) is 2.72. The smallest absolute Gasteiger partial charge is 0.276 e. The van der Waals surface area contributed by atoms with Crippen molar-refractivity contribution < 1.29 is 22.8 Å². The summed E-state index contributed by atoms with van der Waals surface area (Å²) in [4.78, 5) is 11.0. The minimum absolute atomic E-state index is 0.00845. The van der Waals surface area contributed by atoms with Crippen LogP contribution in [0.4, 0.5) is 5.69 Å². The summed E-state index contributed by atoms with van der Waals surface area (Å²) in [6, 6.07) is 15.1. The Balaban J connectivity index is 1.79. The molecule has 0 fully saturated rings. The molecule has 0 aliphatic rings. The van der Waals surface area contributed by atoms with Crippen molar-refractivity contribution in [2.75, 3.05) is 20.8 Å². The van der Waals surface area contributed by atoms with Crippen LogP contribution >= 0.6 is 0 Å². The summed E-state index contributed by atoms with van der Waals surface area (Å²) in [6.45, 7) is -0.00845. The third-order valence-electron chi connectivity index (χ3n) is 4.50. The number of nitrogens with zero attached hydrogens (tertiary/aromatic N) is 1. The van der Waals surface area contributed by atoms with Gasteiger partial charge >= 0.3 is 0 Å². The van der Waals surface area contributed by atoms with Crippen molar-refractivity contribution in [3.63, 3.8) is 0 Å². The van der Waals surface area contributed by atoms with Crippen molar-refractivity contribution in [3.05, 3.63) is 70.3 Å². The van der Waals surface area contributed by atoms with Gasteiger partial charge in [0, 0.05) is 12.1 Å². The van der Waals surface area contributed by atoms with Crippen LogP contribution < -0.4 is 14.2 Å². The molecule has 9 heteroatoms. The normalized spacial score (nSPS) is 11.4. The van der Waals surface area contributed by atoms with Gasteiger partial charge in [0.2, 0.25) is 10.0 Å². The fourth-order valence-electron chi connectivity index (χ4n) is 3.02. The summed E-state index contributed by atoms with van der Waals surface area (Å²) in [6.07, 6.45) is 0.115. The number of hydrogen-bond donors (Lipinski definition) is 1. The largest absolute Gasteiger partial charge is 0.493 e. The van der Waals surface area contributed by atoms with Crippen molar-refractivity contribution >= 4 is 26.5 Å². The van der Waals surface area contributed by atoms with E-state index in [0.717, 1.165) is 10.8 Å². The number of ether oxygens (including phenoxy) is 2. The van der Waals surface area contributed by atoms with Gasteiger partial charge in [-0.2, -0.15) is 0 Å². The Kier molecular flexibility index (Phi) is 6.00. The molecule has 3 rings (SSSR count). The molecule has 152 valence electrons. The summed E-state index contributed by atoms with van der Waals surface area (Å²) in [5, 5.41) is 13.1. The van der Waals surface area contributed by atoms with Gasteiger partial charge in [0.15, 0.2) is 11.5 Å². The Morgan fingerprint density at radius 2 is 1.62 bits per heavy atom. The molecule has 0 heterocycles. The van der Waals surface area contributed by atoms with E-state index in [0.29, 0.717) is 11.3 Å². The molecule has 0 saturated heterocycles. The molecule has 0 radical (unpaired) electrons. The summed E-state index contributed by atoms with van der Waals surface area (Å²) < 4.78 is 38.0. The van der Waals surface area contributed by atoms with E-state index in [1.165, 1.54) is 32.4 Å². The maximum absolute atomic E-state index is 12.6. The number of sulfonamides is 1. The molecule has 0 amide bonds. The van der Waals surface area contributed by atoms with Crippen LogP contribution in [-0.4, -0.2) is 34.1 Å². The second kappa shape index (κ2) is 8.46. The first-order chi connectivity index (χ1) is 13.9. The van der Waals surface area contributed by atoms with E-state index in [-0.39, 0.29) is 29.3 Å². The van der Waals surface area contributed by atoms with Gasteiger partial charge < -0.3 is 9.47 Å². The fourth-order valence-corrected chi connectivity index (χ4v) is 4.09. The van der Waals surface area contributed by atoms with Gasteiger partial charge in [0.25, 0.3) is 5.69 Å². The van der Waals surface area contributed by atoms with Gasteiger partial charge in [0.05, 0.1) is 30.1 Å². The van der Waals surface area contributed by atoms with Gasteiger partial charge in [-0.3, -0.25) is 10.1 Å². The Bertz CT molecular complexity index is 1160. The number of rotatable bonds is 8. The molecular formula is C20H20N2O6S. The number of fused-ring (bicyclic) bond motifs is 1. The van der Waals surface area contributed by atoms with E-state index in [1.54, 1.807) is 12.1 Å². The molecule has 0 saturated carbocycles. The molecule has 0 unspecified atom stereocenters. The Morgan fingerprint density at radius 1 is 0.966 bits per heavy atom. The van der Waals surface area contributed by atoms with Crippen LogP contribution in [0.25, 0.3) is 10.8 Å². The van der Waals surface area contributed by atoms with Gasteiger partial charge in [-0.05, 0) is 35.4 Å². The Hall–Kier alpha value is -3.17. The predicted molar refractivity (Wildman–Crippen MR) is 109 cm³/mol. The summed E-state index contributed by atoms with van der Waals surface area (Å²) in [5.41, 5.74) is 0.182. The molecule has 3 aromatic rings. The van der Waals surface area contributed by atoms with Gasteiger partial charge in [-0.1, -0.05) is 30.3 Å². The van der Waals surface area contributed by atoms with Crippen molar-refractivity contribution in [2.45, 2.75) is 11.3 Å². The maximum Gasteiger partial charge on any atom is 0.276 e. The second-order valence-corrected chi connectivity index (χ2v) is 8.02.